The summed E-state index contributed by atoms with van der Waals surface area (Å²) in [7, 11) is 0. The molecule has 1 aliphatic heterocycles. The number of aryl methyl sites for hydroxylation is 1. The predicted octanol–water partition coefficient (Wildman–Crippen LogP) is 4.54. The molecule has 0 bridgehead atoms. The van der Waals surface area contributed by atoms with Gasteiger partial charge in [-0.1, -0.05) is 19.4 Å². The Morgan fingerprint density at radius 2 is 2.03 bits per heavy atom. The van der Waals surface area contributed by atoms with Gasteiger partial charge in [-0.2, -0.15) is 0 Å². The quantitative estimate of drug-likeness (QED) is 0.642. The maximum atomic E-state index is 12.7. The minimum Gasteiger partial charge on any atom is -0.494 e. The minimum absolute atomic E-state index is 0.172. The highest BCUT2D eigenvalue weighted by atomic mass is 16.5. The van der Waals surface area contributed by atoms with Gasteiger partial charge in [-0.05, 0) is 68.1 Å². The third kappa shape index (κ3) is 5.81. The summed E-state index contributed by atoms with van der Waals surface area (Å²) in [6.45, 7) is 5.35. The Hall–Kier alpha value is -2.86. The van der Waals surface area contributed by atoms with Crippen molar-refractivity contribution in [3.63, 3.8) is 0 Å². The van der Waals surface area contributed by atoms with Crippen molar-refractivity contribution in [2.75, 3.05) is 23.8 Å². The standard InChI is InChI=1S/C23H28N2O4/c1-3-4-12-28-19-10-11-20(16(2)14-19)25-22(26)17-7-5-8-18(15-17)24-23(27)21-9-6-13-29-21/h5,7-8,10-11,14-15,21H,3-4,6,9,12-13H2,1-2H3,(H,24,27)(H,25,26). The number of ether oxygens (including phenoxy) is 2. The number of carbonyl (C=O) groups excluding carboxylic acids is 2. The first-order valence-electron chi connectivity index (χ1n) is 10.1. The van der Waals surface area contributed by atoms with E-state index in [1.807, 2.05) is 25.1 Å². The highest BCUT2D eigenvalue weighted by Gasteiger charge is 2.23. The predicted molar refractivity (Wildman–Crippen MR) is 114 cm³/mol. The van der Waals surface area contributed by atoms with Crippen molar-refractivity contribution < 1.29 is 19.1 Å². The zero-order valence-corrected chi connectivity index (χ0v) is 17.0. The average molecular weight is 396 g/mol. The average Bonchev–Trinajstić information content (AvgIpc) is 3.25. The van der Waals surface area contributed by atoms with Gasteiger partial charge in [-0.15, -0.1) is 0 Å². The van der Waals surface area contributed by atoms with Crippen LogP contribution in [0.15, 0.2) is 42.5 Å². The van der Waals surface area contributed by atoms with Crippen molar-refractivity contribution in [1.29, 1.82) is 0 Å². The van der Waals surface area contributed by atoms with Gasteiger partial charge in [-0.3, -0.25) is 9.59 Å². The molecule has 154 valence electrons. The van der Waals surface area contributed by atoms with Crippen LogP contribution in [0.3, 0.4) is 0 Å². The summed E-state index contributed by atoms with van der Waals surface area (Å²) in [6, 6.07) is 12.5. The molecule has 0 aliphatic carbocycles. The molecule has 1 aliphatic rings. The van der Waals surface area contributed by atoms with Crippen LogP contribution in [-0.4, -0.2) is 31.1 Å². The van der Waals surface area contributed by atoms with Gasteiger partial charge in [0.1, 0.15) is 11.9 Å². The zero-order chi connectivity index (χ0) is 20.6. The first-order chi connectivity index (χ1) is 14.1. The van der Waals surface area contributed by atoms with E-state index in [2.05, 4.69) is 17.6 Å². The summed E-state index contributed by atoms with van der Waals surface area (Å²) in [4.78, 5) is 24.9. The molecule has 6 heteroatoms. The Labute approximate surface area is 171 Å². The molecule has 1 unspecified atom stereocenters. The van der Waals surface area contributed by atoms with Crippen LogP contribution in [0.2, 0.25) is 0 Å². The third-order valence-electron chi connectivity index (χ3n) is 4.83. The molecule has 0 aromatic heterocycles. The Morgan fingerprint density at radius 3 is 2.76 bits per heavy atom. The van der Waals surface area contributed by atoms with Gasteiger partial charge in [0.15, 0.2) is 0 Å². The van der Waals surface area contributed by atoms with Crippen molar-refractivity contribution >= 4 is 23.2 Å². The van der Waals surface area contributed by atoms with E-state index in [-0.39, 0.29) is 11.8 Å². The second kappa shape index (κ2) is 10.1. The van der Waals surface area contributed by atoms with Crippen molar-refractivity contribution in [3.05, 3.63) is 53.6 Å². The van der Waals surface area contributed by atoms with Crippen molar-refractivity contribution in [2.45, 2.75) is 45.6 Å². The lowest BCUT2D eigenvalue weighted by Gasteiger charge is -2.13. The van der Waals surface area contributed by atoms with E-state index < -0.39 is 6.10 Å². The number of rotatable bonds is 8. The topological polar surface area (TPSA) is 76.7 Å². The lowest BCUT2D eigenvalue weighted by atomic mass is 10.1. The number of amides is 2. The molecule has 3 rings (SSSR count). The van der Waals surface area contributed by atoms with E-state index >= 15 is 0 Å². The van der Waals surface area contributed by atoms with Crippen LogP contribution in [0.25, 0.3) is 0 Å². The molecule has 2 amide bonds. The van der Waals surface area contributed by atoms with E-state index in [1.54, 1.807) is 24.3 Å². The van der Waals surface area contributed by atoms with Gasteiger partial charge in [0.2, 0.25) is 0 Å². The maximum absolute atomic E-state index is 12.7. The van der Waals surface area contributed by atoms with Gasteiger partial charge in [0.05, 0.1) is 6.61 Å². The highest BCUT2D eigenvalue weighted by molar-refractivity contribution is 6.05. The lowest BCUT2D eigenvalue weighted by Crippen LogP contribution is -2.27. The Balaban J connectivity index is 1.62. The molecule has 0 spiro atoms. The van der Waals surface area contributed by atoms with Crippen LogP contribution in [-0.2, 0) is 9.53 Å². The third-order valence-corrected chi connectivity index (χ3v) is 4.83. The van der Waals surface area contributed by atoms with Crippen LogP contribution in [0.1, 0.15) is 48.5 Å². The van der Waals surface area contributed by atoms with Crippen molar-refractivity contribution in [2.24, 2.45) is 0 Å². The smallest absolute Gasteiger partial charge is 0.255 e. The number of carbonyl (C=O) groups is 2. The second-order valence-corrected chi connectivity index (χ2v) is 7.20. The molecule has 2 N–H and O–H groups in total. The molecule has 0 radical (unpaired) electrons. The molecule has 1 heterocycles. The second-order valence-electron chi connectivity index (χ2n) is 7.20. The summed E-state index contributed by atoms with van der Waals surface area (Å²) in [6.07, 6.45) is 3.30. The molecular weight excluding hydrogens is 368 g/mol. The van der Waals surface area contributed by atoms with E-state index in [0.29, 0.717) is 24.5 Å². The number of benzene rings is 2. The molecule has 0 saturated carbocycles. The Morgan fingerprint density at radius 1 is 1.17 bits per heavy atom. The summed E-state index contributed by atoms with van der Waals surface area (Å²) in [5.41, 5.74) is 2.70. The number of nitrogens with one attached hydrogen (secondary N) is 2. The Bertz CT molecular complexity index is 860. The van der Waals surface area contributed by atoms with Crippen LogP contribution in [0.5, 0.6) is 5.75 Å². The van der Waals surface area contributed by atoms with Crippen LogP contribution >= 0.6 is 0 Å². The zero-order valence-electron chi connectivity index (χ0n) is 17.0. The molecule has 1 saturated heterocycles. The summed E-state index contributed by atoms with van der Waals surface area (Å²) >= 11 is 0. The number of unbranched alkanes of at least 4 members (excludes halogenated alkanes) is 1. The van der Waals surface area contributed by atoms with Crippen LogP contribution in [0, 0.1) is 6.92 Å². The molecule has 1 atom stereocenters. The summed E-state index contributed by atoms with van der Waals surface area (Å²) in [5.74, 6) is 0.392. The van der Waals surface area contributed by atoms with E-state index in [1.165, 1.54) is 0 Å². The molecule has 1 fully saturated rings. The van der Waals surface area contributed by atoms with E-state index in [4.69, 9.17) is 9.47 Å². The van der Waals surface area contributed by atoms with Gasteiger partial charge < -0.3 is 20.1 Å². The first-order valence-corrected chi connectivity index (χ1v) is 10.1. The normalized spacial score (nSPS) is 15.7. The summed E-state index contributed by atoms with van der Waals surface area (Å²) < 4.78 is 11.1. The monoisotopic (exact) mass is 396 g/mol. The molecule has 2 aromatic carbocycles. The van der Waals surface area contributed by atoms with Gasteiger partial charge in [0.25, 0.3) is 11.8 Å². The maximum Gasteiger partial charge on any atom is 0.255 e. The van der Waals surface area contributed by atoms with Crippen molar-refractivity contribution in [1.82, 2.24) is 0 Å². The fraction of sp³-hybridized carbons (Fsp3) is 0.391. The van der Waals surface area contributed by atoms with Gasteiger partial charge in [-0.25, -0.2) is 0 Å². The molecule has 29 heavy (non-hydrogen) atoms. The largest absolute Gasteiger partial charge is 0.494 e. The lowest BCUT2D eigenvalue weighted by molar-refractivity contribution is -0.124. The first kappa shape index (κ1) is 20.9. The number of anilines is 2. The summed E-state index contributed by atoms with van der Waals surface area (Å²) in [5, 5.41) is 5.75. The van der Waals surface area contributed by atoms with Gasteiger partial charge in [0, 0.05) is 23.5 Å². The van der Waals surface area contributed by atoms with Crippen molar-refractivity contribution in [3.8, 4) is 5.75 Å². The molecular formula is C23H28N2O4. The SMILES string of the molecule is CCCCOc1ccc(NC(=O)c2cccc(NC(=O)C3CCCO3)c2)c(C)c1. The Kier molecular flexibility index (Phi) is 7.25. The fourth-order valence-electron chi connectivity index (χ4n) is 3.14. The van der Waals surface area contributed by atoms with Crippen LogP contribution < -0.4 is 15.4 Å². The highest BCUT2D eigenvalue weighted by Crippen LogP contribution is 2.23. The number of hydrogen-bond donors (Lipinski definition) is 2. The van der Waals surface area contributed by atoms with E-state index in [9.17, 15) is 9.59 Å². The minimum atomic E-state index is -0.409. The molecule has 6 nitrogen and oxygen atoms in total. The molecule has 2 aromatic rings. The fourth-order valence-corrected chi connectivity index (χ4v) is 3.14. The van der Waals surface area contributed by atoms with E-state index in [0.717, 1.165) is 42.7 Å². The van der Waals surface area contributed by atoms with Gasteiger partial charge >= 0.3 is 0 Å². The van der Waals surface area contributed by atoms with Crippen LogP contribution in [0.4, 0.5) is 11.4 Å². The number of hydrogen-bond acceptors (Lipinski definition) is 4.